The molecule has 0 spiro atoms. The van der Waals surface area contributed by atoms with Gasteiger partial charge in [0.1, 0.15) is 11.5 Å². The van der Waals surface area contributed by atoms with E-state index < -0.39 is 5.97 Å². The van der Waals surface area contributed by atoms with Crippen molar-refractivity contribution < 1.29 is 23.8 Å². The summed E-state index contributed by atoms with van der Waals surface area (Å²) in [5, 5.41) is 4.02. The molecule has 0 radical (unpaired) electrons. The van der Waals surface area contributed by atoms with Gasteiger partial charge in [-0.15, -0.1) is 0 Å². The molecule has 0 aliphatic heterocycles. The molecule has 0 fully saturated rings. The molecule has 7 nitrogen and oxygen atoms in total. The normalized spacial score (nSPS) is 10.7. The van der Waals surface area contributed by atoms with Crippen LogP contribution in [0.5, 0.6) is 11.5 Å². The van der Waals surface area contributed by atoms with Gasteiger partial charge in [0.2, 0.25) is 0 Å². The van der Waals surface area contributed by atoms with Crippen molar-refractivity contribution in [1.82, 2.24) is 5.43 Å². The largest absolute Gasteiger partial charge is 0.496 e. The zero-order valence-corrected chi connectivity index (χ0v) is 22.0. The van der Waals surface area contributed by atoms with Crippen LogP contribution in [0.3, 0.4) is 0 Å². The van der Waals surface area contributed by atoms with E-state index in [9.17, 15) is 9.59 Å². The molecule has 0 bridgehead atoms. The number of carbonyl (C=O) groups is 2. The molecule has 0 atom stereocenters. The van der Waals surface area contributed by atoms with E-state index in [1.807, 2.05) is 12.1 Å². The van der Waals surface area contributed by atoms with Crippen molar-refractivity contribution in [2.45, 2.75) is 6.92 Å². The van der Waals surface area contributed by atoms with Crippen molar-refractivity contribution in [3.8, 4) is 11.5 Å². The first-order chi connectivity index (χ1) is 13.8. The summed E-state index contributed by atoms with van der Waals surface area (Å²) in [6, 6.07) is 8.85. The third-order valence-electron chi connectivity index (χ3n) is 3.45. The van der Waals surface area contributed by atoms with Gasteiger partial charge in [0.25, 0.3) is 5.91 Å². The highest BCUT2D eigenvalue weighted by Crippen LogP contribution is 2.28. The van der Waals surface area contributed by atoms with E-state index >= 15 is 0 Å². The lowest BCUT2D eigenvalue weighted by Gasteiger charge is -2.10. The van der Waals surface area contributed by atoms with E-state index in [-0.39, 0.29) is 12.5 Å². The van der Waals surface area contributed by atoms with Crippen molar-refractivity contribution in [3.05, 3.63) is 52.2 Å². The number of nitrogens with one attached hydrogen (secondary N) is 1. The fourth-order valence-corrected chi connectivity index (χ4v) is 4.84. The highest BCUT2D eigenvalue weighted by Gasteiger charge is 2.12. The monoisotopic (exact) mass is 734 g/mol. The molecule has 0 heterocycles. The molecule has 2 aromatic carbocycles. The van der Waals surface area contributed by atoms with E-state index in [0.29, 0.717) is 23.7 Å². The van der Waals surface area contributed by atoms with E-state index in [0.717, 1.165) is 16.3 Å². The minimum Gasteiger partial charge on any atom is -0.496 e. The average Bonchev–Trinajstić information content (AvgIpc) is 2.67. The second-order valence-electron chi connectivity index (χ2n) is 5.46. The topological polar surface area (TPSA) is 86.2 Å². The summed E-state index contributed by atoms with van der Waals surface area (Å²) in [4.78, 5) is 23.7. The lowest BCUT2D eigenvalue weighted by atomic mass is 10.2. The molecule has 154 valence electrons. The smallest absolute Gasteiger partial charge is 0.344 e. The van der Waals surface area contributed by atoms with Crippen molar-refractivity contribution in [2.24, 2.45) is 5.10 Å². The summed E-state index contributed by atoms with van der Waals surface area (Å²) in [5.74, 6) is 0.477. The van der Waals surface area contributed by atoms with Crippen LogP contribution in [0.25, 0.3) is 0 Å². The number of halogens is 3. The predicted molar refractivity (Wildman–Crippen MR) is 135 cm³/mol. The maximum Gasteiger partial charge on any atom is 0.344 e. The Kier molecular flexibility index (Phi) is 9.88. The number of hydrazone groups is 1. The zero-order chi connectivity index (χ0) is 21.4. The van der Waals surface area contributed by atoms with Crippen molar-refractivity contribution in [3.63, 3.8) is 0 Å². The molecular formula is C19H17I3N2O5. The van der Waals surface area contributed by atoms with E-state index in [1.54, 1.807) is 38.4 Å². The Labute approximate surface area is 209 Å². The van der Waals surface area contributed by atoms with Gasteiger partial charge in [-0.2, -0.15) is 5.10 Å². The highest BCUT2D eigenvalue weighted by molar-refractivity contribution is 14.1. The summed E-state index contributed by atoms with van der Waals surface area (Å²) in [5.41, 5.74) is 3.73. The number of hydrogen-bond donors (Lipinski definition) is 1. The minimum absolute atomic E-state index is 0.150. The van der Waals surface area contributed by atoms with Gasteiger partial charge in [-0.05, 0) is 111 Å². The Balaban J connectivity index is 2.03. The second-order valence-corrected chi connectivity index (χ2v) is 8.94. The first-order valence-corrected chi connectivity index (χ1v) is 11.5. The first-order valence-electron chi connectivity index (χ1n) is 8.30. The summed E-state index contributed by atoms with van der Waals surface area (Å²) in [6.07, 6.45) is 1.54. The van der Waals surface area contributed by atoms with Crippen molar-refractivity contribution >= 4 is 85.9 Å². The van der Waals surface area contributed by atoms with Crippen LogP contribution in [-0.2, 0) is 9.53 Å². The Bertz CT molecular complexity index is 911. The van der Waals surface area contributed by atoms with Crippen molar-refractivity contribution in [1.29, 1.82) is 0 Å². The zero-order valence-electron chi connectivity index (χ0n) is 15.5. The molecule has 0 saturated heterocycles. The van der Waals surface area contributed by atoms with Crippen LogP contribution < -0.4 is 14.9 Å². The molecule has 1 N–H and O–H groups in total. The van der Waals surface area contributed by atoms with Crippen molar-refractivity contribution in [2.75, 3.05) is 20.3 Å². The first kappa shape index (κ1) is 24.1. The molecule has 0 saturated carbocycles. The third-order valence-corrected chi connectivity index (χ3v) is 5.95. The maximum atomic E-state index is 12.3. The molecule has 10 heteroatoms. The maximum absolute atomic E-state index is 12.3. The quantitative estimate of drug-likeness (QED) is 0.190. The molecule has 0 aliphatic rings. The number of carbonyl (C=O) groups excluding carboxylic acids is 2. The van der Waals surface area contributed by atoms with E-state index in [4.69, 9.17) is 14.2 Å². The third kappa shape index (κ3) is 7.24. The van der Waals surface area contributed by atoms with Gasteiger partial charge in [-0.3, -0.25) is 4.79 Å². The van der Waals surface area contributed by atoms with Crippen LogP contribution >= 0.6 is 67.8 Å². The Hall–Kier alpha value is -1.16. The molecule has 29 heavy (non-hydrogen) atoms. The van der Waals surface area contributed by atoms with Crippen LogP contribution in [0, 0.1) is 10.7 Å². The van der Waals surface area contributed by atoms with Gasteiger partial charge in [0.05, 0.1) is 30.6 Å². The highest BCUT2D eigenvalue weighted by atomic mass is 127. The number of ether oxygens (including phenoxy) is 3. The average molecular weight is 734 g/mol. The molecule has 0 aromatic heterocycles. The predicted octanol–water partition coefficient (Wildman–Crippen LogP) is 4.21. The van der Waals surface area contributed by atoms with Gasteiger partial charge in [0, 0.05) is 5.56 Å². The number of benzene rings is 2. The summed E-state index contributed by atoms with van der Waals surface area (Å²) in [7, 11) is 1.56. The number of nitrogens with zero attached hydrogens (tertiary/aromatic N) is 1. The molecule has 0 unspecified atom stereocenters. The van der Waals surface area contributed by atoms with E-state index in [1.165, 1.54) is 0 Å². The summed E-state index contributed by atoms with van der Waals surface area (Å²) >= 11 is 6.37. The fraction of sp³-hybridized carbons (Fsp3) is 0.211. The van der Waals surface area contributed by atoms with Gasteiger partial charge in [-0.1, -0.05) is 0 Å². The fourth-order valence-electron chi connectivity index (χ4n) is 2.16. The molecule has 0 aliphatic carbocycles. The summed E-state index contributed by atoms with van der Waals surface area (Å²) in [6.45, 7) is 1.91. The van der Waals surface area contributed by atoms with Gasteiger partial charge in [0.15, 0.2) is 6.61 Å². The Morgan fingerprint density at radius 3 is 2.41 bits per heavy atom. The van der Waals surface area contributed by atoms with Crippen LogP contribution in [0.2, 0.25) is 0 Å². The minimum atomic E-state index is -0.417. The van der Waals surface area contributed by atoms with Crippen LogP contribution in [0.4, 0.5) is 0 Å². The van der Waals surface area contributed by atoms with Gasteiger partial charge in [-0.25, -0.2) is 10.2 Å². The molecule has 2 rings (SSSR count). The molecular weight excluding hydrogens is 717 g/mol. The van der Waals surface area contributed by atoms with Crippen LogP contribution in [0.1, 0.15) is 22.8 Å². The number of rotatable bonds is 8. The number of methoxy groups -OCH3 is 1. The lowest BCUT2D eigenvalue weighted by molar-refractivity contribution is -0.145. The lowest BCUT2D eigenvalue weighted by Crippen LogP contribution is -2.17. The number of esters is 1. The SMILES string of the molecule is CCOC(=O)COc1c(I)cc(/C=N\NC(=O)c2ccc(I)c(OC)c2)cc1I. The van der Waals surface area contributed by atoms with E-state index in [2.05, 4.69) is 78.3 Å². The van der Waals surface area contributed by atoms with Crippen LogP contribution in [-0.4, -0.2) is 38.4 Å². The summed E-state index contributed by atoms with van der Waals surface area (Å²) < 4.78 is 18.2. The molecule has 1 amide bonds. The Morgan fingerprint density at radius 2 is 1.79 bits per heavy atom. The van der Waals surface area contributed by atoms with Crippen LogP contribution in [0.15, 0.2) is 35.4 Å². The standard InChI is InChI=1S/C19H17I3N2O5/c1-3-28-17(25)10-29-18-14(21)6-11(7-15(18)22)9-23-24-19(26)12-4-5-13(20)16(8-12)27-2/h4-9H,3,10H2,1-2H3,(H,24,26)/b23-9-. The van der Waals surface area contributed by atoms with Gasteiger partial charge >= 0.3 is 5.97 Å². The number of hydrogen-bond acceptors (Lipinski definition) is 6. The number of amides is 1. The van der Waals surface area contributed by atoms with Gasteiger partial charge < -0.3 is 14.2 Å². The Morgan fingerprint density at radius 1 is 1.10 bits per heavy atom. The second kappa shape index (κ2) is 11.9. The molecule has 2 aromatic rings.